The molecule has 0 saturated heterocycles. The number of halogens is 1. The van der Waals surface area contributed by atoms with E-state index >= 15 is 0 Å². The molecule has 0 amide bonds. The fraction of sp³-hybridized carbons (Fsp3) is 0.238. The van der Waals surface area contributed by atoms with Gasteiger partial charge in [-0.1, -0.05) is 26.0 Å². The number of fused-ring (bicyclic) bond motifs is 1. The highest BCUT2D eigenvalue weighted by atomic mass is 32.1. The van der Waals surface area contributed by atoms with Crippen LogP contribution >= 0.6 is 11.3 Å². The van der Waals surface area contributed by atoms with Crippen molar-refractivity contribution >= 4 is 27.4 Å². The summed E-state index contributed by atoms with van der Waals surface area (Å²) >= 11 is 1.60. The number of nitrogens with two attached hydrogens (primary N) is 1. The third-order valence-corrected chi connectivity index (χ3v) is 5.10. The molecule has 0 atom stereocenters. The Morgan fingerprint density at radius 3 is 2.44 bits per heavy atom. The van der Waals surface area contributed by atoms with Crippen LogP contribution in [-0.2, 0) is 12.8 Å². The van der Waals surface area contributed by atoms with Crippen molar-refractivity contribution in [3.05, 3.63) is 64.5 Å². The summed E-state index contributed by atoms with van der Waals surface area (Å²) in [5, 5.41) is 0.867. The normalized spacial score (nSPS) is 10.7. The molecule has 0 fully saturated rings. The molecule has 0 saturated carbocycles. The van der Waals surface area contributed by atoms with Crippen LogP contribution in [0.4, 0.5) is 10.2 Å². The molecule has 3 aromatic heterocycles. The Hall–Kier alpha value is -2.73. The fourth-order valence-corrected chi connectivity index (χ4v) is 3.73. The van der Waals surface area contributed by atoms with E-state index in [0.29, 0.717) is 17.4 Å². The summed E-state index contributed by atoms with van der Waals surface area (Å²) in [6.07, 6.45) is 1.69. The van der Waals surface area contributed by atoms with Crippen LogP contribution in [0, 0.1) is 12.7 Å². The topological polar surface area (TPSA) is 64.9 Å². The first-order chi connectivity index (χ1) is 13.1. The van der Waals surface area contributed by atoms with E-state index in [1.54, 1.807) is 11.3 Å². The standard InChI is InChI=1S/C19H16FN3OS.C2H6/c1-11-2-9-16(24-11)18-22-17(21)15-10-14(25-19(15)23-18)8-5-12-3-6-13(20)7-4-12;1-2/h2-4,6-7,9-10H,5,8H2,1H3,(H2,21,22,23);1-2H3. The Balaban J connectivity index is 0.00000102. The van der Waals surface area contributed by atoms with Gasteiger partial charge >= 0.3 is 0 Å². The van der Waals surface area contributed by atoms with Crippen LogP contribution in [0.1, 0.15) is 30.0 Å². The van der Waals surface area contributed by atoms with E-state index in [1.165, 1.54) is 17.0 Å². The second-order valence-corrected chi connectivity index (χ2v) is 7.02. The maximum Gasteiger partial charge on any atom is 0.199 e. The lowest BCUT2D eigenvalue weighted by Gasteiger charge is -1.99. The molecule has 27 heavy (non-hydrogen) atoms. The smallest absolute Gasteiger partial charge is 0.199 e. The maximum absolute atomic E-state index is 13.0. The Morgan fingerprint density at radius 2 is 1.78 bits per heavy atom. The van der Waals surface area contributed by atoms with Crippen LogP contribution in [0.5, 0.6) is 0 Å². The van der Waals surface area contributed by atoms with E-state index in [2.05, 4.69) is 9.97 Å². The summed E-state index contributed by atoms with van der Waals surface area (Å²) in [5.74, 6) is 2.17. The first kappa shape index (κ1) is 19.0. The van der Waals surface area contributed by atoms with Crippen LogP contribution < -0.4 is 5.73 Å². The van der Waals surface area contributed by atoms with Gasteiger partial charge < -0.3 is 10.2 Å². The van der Waals surface area contributed by atoms with Gasteiger partial charge in [0.1, 0.15) is 22.2 Å². The summed E-state index contributed by atoms with van der Waals surface area (Å²) in [6.45, 7) is 5.88. The largest absolute Gasteiger partial charge is 0.458 e. The molecule has 140 valence electrons. The SMILES string of the molecule is CC.Cc1ccc(-c2nc(N)c3cc(CCc4ccc(F)cc4)sc3n2)o1. The molecule has 1 aromatic carbocycles. The number of furan rings is 1. The number of aryl methyl sites for hydroxylation is 3. The average Bonchev–Trinajstić information content (AvgIpc) is 3.29. The van der Waals surface area contributed by atoms with Gasteiger partial charge in [0, 0.05) is 4.88 Å². The highest BCUT2D eigenvalue weighted by molar-refractivity contribution is 7.18. The van der Waals surface area contributed by atoms with Gasteiger partial charge in [0.25, 0.3) is 0 Å². The number of hydrogen-bond acceptors (Lipinski definition) is 5. The van der Waals surface area contributed by atoms with Gasteiger partial charge in [-0.25, -0.2) is 14.4 Å². The Labute approximate surface area is 161 Å². The van der Waals surface area contributed by atoms with Gasteiger partial charge in [-0.05, 0) is 55.7 Å². The molecule has 0 spiro atoms. The van der Waals surface area contributed by atoms with E-state index in [4.69, 9.17) is 10.2 Å². The van der Waals surface area contributed by atoms with Gasteiger partial charge in [0.15, 0.2) is 11.6 Å². The number of thiophene rings is 1. The average molecular weight is 383 g/mol. The fourth-order valence-electron chi connectivity index (χ4n) is 2.70. The second kappa shape index (κ2) is 8.31. The summed E-state index contributed by atoms with van der Waals surface area (Å²) in [7, 11) is 0. The zero-order chi connectivity index (χ0) is 19.4. The van der Waals surface area contributed by atoms with Crippen molar-refractivity contribution in [3.63, 3.8) is 0 Å². The number of benzene rings is 1. The van der Waals surface area contributed by atoms with Crippen molar-refractivity contribution in [1.29, 1.82) is 0 Å². The number of hydrogen-bond donors (Lipinski definition) is 1. The molecule has 0 aliphatic carbocycles. The number of rotatable bonds is 4. The van der Waals surface area contributed by atoms with Crippen LogP contribution in [0.25, 0.3) is 21.8 Å². The molecule has 0 radical (unpaired) electrons. The summed E-state index contributed by atoms with van der Waals surface area (Å²) in [4.78, 5) is 11.0. The Bertz CT molecular complexity index is 1040. The quantitative estimate of drug-likeness (QED) is 0.484. The molecule has 6 heteroatoms. The van der Waals surface area contributed by atoms with Gasteiger partial charge in [0.2, 0.25) is 0 Å². The van der Waals surface area contributed by atoms with Gasteiger partial charge in [-0.3, -0.25) is 0 Å². The van der Waals surface area contributed by atoms with Crippen molar-refractivity contribution in [2.45, 2.75) is 33.6 Å². The molecular weight excluding hydrogens is 361 g/mol. The highest BCUT2D eigenvalue weighted by Crippen LogP contribution is 2.31. The third kappa shape index (κ3) is 4.34. The lowest BCUT2D eigenvalue weighted by molar-refractivity contribution is 0.544. The molecule has 0 unspecified atom stereocenters. The number of nitrogens with zero attached hydrogens (tertiary/aromatic N) is 2. The van der Waals surface area contributed by atoms with Crippen LogP contribution in [0.3, 0.4) is 0 Å². The minimum absolute atomic E-state index is 0.214. The van der Waals surface area contributed by atoms with Gasteiger partial charge in [-0.15, -0.1) is 11.3 Å². The predicted molar refractivity (Wildman–Crippen MR) is 109 cm³/mol. The monoisotopic (exact) mass is 383 g/mol. The lowest BCUT2D eigenvalue weighted by atomic mass is 10.1. The summed E-state index contributed by atoms with van der Waals surface area (Å²) < 4.78 is 18.6. The molecule has 3 heterocycles. The van der Waals surface area contributed by atoms with Crippen molar-refractivity contribution in [2.75, 3.05) is 5.73 Å². The lowest BCUT2D eigenvalue weighted by Crippen LogP contribution is -1.95. The highest BCUT2D eigenvalue weighted by Gasteiger charge is 2.13. The van der Waals surface area contributed by atoms with E-state index in [0.717, 1.165) is 34.4 Å². The van der Waals surface area contributed by atoms with Gasteiger partial charge in [-0.2, -0.15) is 0 Å². The predicted octanol–water partition coefficient (Wildman–Crippen LogP) is 5.79. The van der Waals surface area contributed by atoms with E-state index in [-0.39, 0.29) is 5.82 Å². The molecule has 2 N–H and O–H groups in total. The molecule has 4 rings (SSSR count). The third-order valence-electron chi connectivity index (χ3n) is 4.01. The molecule has 0 aliphatic heterocycles. The Kier molecular flexibility index (Phi) is 5.86. The molecule has 0 bridgehead atoms. The molecule has 4 nitrogen and oxygen atoms in total. The van der Waals surface area contributed by atoms with E-state index in [1.807, 2.05) is 51.1 Å². The Morgan fingerprint density at radius 1 is 1.04 bits per heavy atom. The number of aromatic nitrogens is 2. The minimum Gasteiger partial charge on any atom is -0.458 e. The zero-order valence-electron chi connectivity index (χ0n) is 15.6. The van der Waals surface area contributed by atoms with Crippen molar-refractivity contribution in [3.8, 4) is 11.6 Å². The first-order valence-electron chi connectivity index (χ1n) is 8.96. The van der Waals surface area contributed by atoms with Crippen LogP contribution in [0.15, 0.2) is 46.9 Å². The van der Waals surface area contributed by atoms with Crippen molar-refractivity contribution in [1.82, 2.24) is 9.97 Å². The number of nitrogen functional groups attached to an aromatic ring is 1. The van der Waals surface area contributed by atoms with E-state index < -0.39 is 0 Å². The van der Waals surface area contributed by atoms with Crippen LogP contribution in [0.2, 0.25) is 0 Å². The minimum atomic E-state index is -0.214. The van der Waals surface area contributed by atoms with Crippen molar-refractivity contribution in [2.24, 2.45) is 0 Å². The number of anilines is 1. The summed E-state index contributed by atoms with van der Waals surface area (Å²) in [5.41, 5.74) is 7.21. The zero-order valence-corrected chi connectivity index (χ0v) is 16.4. The first-order valence-corrected chi connectivity index (χ1v) is 9.77. The van der Waals surface area contributed by atoms with Crippen molar-refractivity contribution < 1.29 is 8.81 Å². The molecule has 0 aliphatic rings. The second-order valence-electron chi connectivity index (χ2n) is 5.90. The molecular formula is C21H22FN3OS. The maximum atomic E-state index is 13.0. The molecule has 4 aromatic rings. The van der Waals surface area contributed by atoms with E-state index in [9.17, 15) is 4.39 Å². The summed E-state index contributed by atoms with van der Waals surface area (Å²) in [6, 6.07) is 12.4. The van der Waals surface area contributed by atoms with Crippen LogP contribution in [-0.4, -0.2) is 9.97 Å². The van der Waals surface area contributed by atoms with Gasteiger partial charge in [0.05, 0.1) is 5.39 Å².